The molecule has 0 spiro atoms. The fraction of sp³-hybridized carbons (Fsp3) is 0.182. The van der Waals surface area contributed by atoms with Crippen molar-refractivity contribution in [1.82, 2.24) is 10.8 Å². The predicted octanol–water partition coefficient (Wildman–Crippen LogP) is 2.95. The van der Waals surface area contributed by atoms with Gasteiger partial charge in [-0.25, -0.2) is 5.48 Å². The van der Waals surface area contributed by atoms with Crippen LogP contribution in [0.2, 0.25) is 0 Å². The lowest BCUT2D eigenvalue weighted by molar-refractivity contribution is 0.0706. The molecule has 0 bridgehead atoms. The molecule has 7 nitrogen and oxygen atoms in total. The number of rotatable bonds is 7. The summed E-state index contributed by atoms with van der Waals surface area (Å²) in [5.74, 6) is 0.644. The molecule has 0 fully saturated rings. The molecule has 3 aromatic rings. The van der Waals surface area contributed by atoms with Crippen molar-refractivity contribution in [2.45, 2.75) is 6.42 Å². The number of methoxy groups -OCH3 is 2. The number of nitrogens with one attached hydrogen (secondary N) is 2. The van der Waals surface area contributed by atoms with Gasteiger partial charge < -0.3 is 14.8 Å². The lowest BCUT2D eigenvalue weighted by Gasteiger charge is -2.10. The van der Waals surface area contributed by atoms with Gasteiger partial charge in [-0.2, -0.15) is 0 Å². The number of benzene rings is 3. The first-order chi connectivity index (χ1) is 14.0. The van der Waals surface area contributed by atoms with Gasteiger partial charge in [0.15, 0.2) is 0 Å². The Morgan fingerprint density at radius 3 is 1.90 bits per heavy atom. The van der Waals surface area contributed by atoms with Crippen molar-refractivity contribution in [3.63, 3.8) is 0 Å². The highest BCUT2D eigenvalue weighted by molar-refractivity contribution is 6.01. The Balaban J connectivity index is 1.66. The standard InChI is InChI=1S/C22H22N2O5/c1-28-19-9-14(10-20(13-19)29-2)7-8-23-21(25)17-5-3-16-12-18(22(26)24-27)6-4-15(16)11-17/h3-6,9-13,27H,7-8H2,1-2H3,(H,23,25)(H,24,26). The number of amides is 2. The molecule has 150 valence electrons. The summed E-state index contributed by atoms with van der Waals surface area (Å²) in [6.45, 7) is 0.461. The van der Waals surface area contributed by atoms with Gasteiger partial charge in [0.25, 0.3) is 11.8 Å². The minimum Gasteiger partial charge on any atom is -0.497 e. The molecule has 29 heavy (non-hydrogen) atoms. The maximum Gasteiger partial charge on any atom is 0.274 e. The summed E-state index contributed by atoms with van der Waals surface area (Å²) in [5, 5.41) is 13.3. The van der Waals surface area contributed by atoms with Gasteiger partial charge in [0.2, 0.25) is 0 Å². The molecular weight excluding hydrogens is 372 g/mol. The third kappa shape index (κ3) is 4.83. The van der Waals surface area contributed by atoms with Crippen LogP contribution in [0, 0.1) is 0 Å². The number of carbonyl (C=O) groups is 2. The van der Waals surface area contributed by atoms with Gasteiger partial charge in [-0.3, -0.25) is 14.8 Å². The number of fused-ring (bicyclic) bond motifs is 1. The Morgan fingerprint density at radius 1 is 0.828 bits per heavy atom. The third-order valence-electron chi connectivity index (χ3n) is 4.58. The van der Waals surface area contributed by atoms with Crippen LogP contribution in [0.1, 0.15) is 26.3 Å². The topological polar surface area (TPSA) is 96.9 Å². The highest BCUT2D eigenvalue weighted by Crippen LogP contribution is 2.23. The van der Waals surface area contributed by atoms with E-state index in [0.29, 0.717) is 35.6 Å². The Kier molecular flexibility index (Phi) is 6.31. The Labute approximate surface area is 168 Å². The van der Waals surface area contributed by atoms with Crippen LogP contribution in [0.5, 0.6) is 11.5 Å². The maximum absolute atomic E-state index is 12.5. The molecule has 2 amide bonds. The molecular formula is C22H22N2O5. The van der Waals surface area contributed by atoms with Gasteiger partial charge >= 0.3 is 0 Å². The van der Waals surface area contributed by atoms with Crippen LogP contribution in [0.25, 0.3) is 10.8 Å². The highest BCUT2D eigenvalue weighted by atomic mass is 16.5. The number of carbonyl (C=O) groups excluding carboxylic acids is 2. The average Bonchev–Trinajstić information content (AvgIpc) is 2.77. The van der Waals surface area contributed by atoms with E-state index >= 15 is 0 Å². The number of hydrogen-bond donors (Lipinski definition) is 3. The molecule has 0 atom stereocenters. The van der Waals surface area contributed by atoms with E-state index in [4.69, 9.17) is 14.7 Å². The minimum atomic E-state index is -0.581. The van der Waals surface area contributed by atoms with Crippen molar-refractivity contribution in [3.8, 4) is 11.5 Å². The van der Waals surface area contributed by atoms with Crippen molar-refractivity contribution in [2.24, 2.45) is 0 Å². The molecule has 0 saturated heterocycles. The molecule has 7 heteroatoms. The largest absolute Gasteiger partial charge is 0.497 e. The highest BCUT2D eigenvalue weighted by Gasteiger charge is 2.09. The van der Waals surface area contributed by atoms with Crippen molar-refractivity contribution in [2.75, 3.05) is 20.8 Å². The van der Waals surface area contributed by atoms with E-state index in [1.165, 1.54) is 0 Å². The lowest BCUT2D eigenvalue weighted by atomic mass is 10.0. The van der Waals surface area contributed by atoms with Gasteiger partial charge in [-0.1, -0.05) is 12.1 Å². The first kappa shape index (κ1) is 20.2. The summed E-state index contributed by atoms with van der Waals surface area (Å²) in [4.78, 5) is 24.0. The quantitative estimate of drug-likeness (QED) is 0.423. The molecule has 0 heterocycles. The van der Waals surface area contributed by atoms with Crippen LogP contribution < -0.4 is 20.3 Å². The van der Waals surface area contributed by atoms with E-state index < -0.39 is 5.91 Å². The molecule has 0 unspecified atom stereocenters. The van der Waals surface area contributed by atoms with Crippen LogP contribution in [0.15, 0.2) is 54.6 Å². The smallest absolute Gasteiger partial charge is 0.274 e. The summed E-state index contributed by atoms with van der Waals surface area (Å²) in [7, 11) is 3.19. The van der Waals surface area contributed by atoms with Gasteiger partial charge in [-0.15, -0.1) is 0 Å². The molecule has 0 aliphatic heterocycles. The molecule has 0 aromatic heterocycles. The van der Waals surface area contributed by atoms with Gasteiger partial charge in [0.1, 0.15) is 11.5 Å². The van der Waals surface area contributed by atoms with Crippen LogP contribution in [0.4, 0.5) is 0 Å². The summed E-state index contributed by atoms with van der Waals surface area (Å²) in [6, 6.07) is 15.8. The zero-order chi connectivity index (χ0) is 20.8. The second kappa shape index (κ2) is 9.07. The molecule has 0 saturated carbocycles. The zero-order valence-corrected chi connectivity index (χ0v) is 16.2. The average molecular weight is 394 g/mol. The van der Waals surface area contributed by atoms with Crippen molar-refractivity contribution >= 4 is 22.6 Å². The second-order valence-corrected chi connectivity index (χ2v) is 6.44. The minimum absolute atomic E-state index is 0.182. The zero-order valence-electron chi connectivity index (χ0n) is 16.2. The molecule has 0 radical (unpaired) electrons. The second-order valence-electron chi connectivity index (χ2n) is 6.44. The number of hydrogen-bond acceptors (Lipinski definition) is 5. The van der Waals surface area contributed by atoms with Crippen LogP contribution in [-0.2, 0) is 6.42 Å². The van der Waals surface area contributed by atoms with Crippen molar-refractivity contribution < 1.29 is 24.3 Å². The van der Waals surface area contributed by atoms with Gasteiger partial charge in [0.05, 0.1) is 14.2 Å². The summed E-state index contributed by atoms with van der Waals surface area (Å²) < 4.78 is 10.5. The number of ether oxygens (including phenoxy) is 2. The first-order valence-electron chi connectivity index (χ1n) is 9.02. The Bertz CT molecular complexity index is 1030. The third-order valence-corrected chi connectivity index (χ3v) is 4.58. The SMILES string of the molecule is COc1cc(CCNC(=O)c2ccc3cc(C(=O)NO)ccc3c2)cc(OC)c1. The van der Waals surface area contributed by atoms with Gasteiger partial charge in [0, 0.05) is 23.7 Å². The molecule has 3 rings (SSSR count). The van der Waals surface area contributed by atoms with E-state index in [0.717, 1.165) is 16.3 Å². The van der Waals surface area contributed by atoms with Crippen LogP contribution in [-0.4, -0.2) is 37.8 Å². The van der Waals surface area contributed by atoms with Crippen molar-refractivity contribution in [1.29, 1.82) is 0 Å². The van der Waals surface area contributed by atoms with Gasteiger partial charge in [-0.05, 0) is 59.2 Å². The molecule has 3 N–H and O–H groups in total. The van der Waals surface area contributed by atoms with E-state index in [1.807, 2.05) is 12.1 Å². The first-order valence-corrected chi connectivity index (χ1v) is 9.02. The Hall–Kier alpha value is -3.58. The van der Waals surface area contributed by atoms with Crippen LogP contribution in [0.3, 0.4) is 0 Å². The summed E-state index contributed by atoms with van der Waals surface area (Å²) in [6.07, 6.45) is 0.631. The number of hydroxylamine groups is 1. The summed E-state index contributed by atoms with van der Waals surface area (Å²) >= 11 is 0. The van der Waals surface area contributed by atoms with E-state index in [-0.39, 0.29) is 5.91 Å². The Morgan fingerprint density at radius 2 is 1.38 bits per heavy atom. The fourth-order valence-electron chi connectivity index (χ4n) is 3.03. The fourth-order valence-corrected chi connectivity index (χ4v) is 3.03. The molecule has 3 aromatic carbocycles. The summed E-state index contributed by atoms with van der Waals surface area (Å²) in [5.41, 5.74) is 3.47. The molecule has 0 aliphatic carbocycles. The maximum atomic E-state index is 12.5. The van der Waals surface area contributed by atoms with E-state index in [1.54, 1.807) is 62.2 Å². The van der Waals surface area contributed by atoms with Crippen molar-refractivity contribution in [3.05, 3.63) is 71.3 Å². The normalized spacial score (nSPS) is 10.4. The predicted molar refractivity (Wildman–Crippen MR) is 109 cm³/mol. The van der Waals surface area contributed by atoms with Crippen LogP contribution >= 0.6 is 0 Å². The monoisotopic (exact) mass is 394 g/mol. The van der Waals surface area contributed by atoms with E-state index in [9.17, 15) is 9.59 Å². The molecule has 0 aliphatic rings. The lowest BCUT2D eigenvalue weighted by Crippen LogP contribution is -2.25. The van der Waals surface area contributed by atoms with E-state index in [2.05, 4.69) is 5.32 Å².